The second-order valence-corrected chi connectivity index (χ2v) is 5.83. The summed E-state index contributed by atoms with van der Waals surface area (Å²) >= 11 is 1.41. The van der Waals surface area contributed by atoms with Crippen molar-refractivity contribution in [3.8, 4) is 10.9 Å². The fourth-order valence-corrected chi connectivity index (χ4v) is 2.95. The Hall–Kier alpha value is -2.81. The number of aryl methyl sites for hydroxylation is 1. The Morgan fingerprint density at radius 3 is 3.00 bits per heavy atom. The molecule has 3 heterocycles. The molecule has 1 aromatic carbocycles. The van der Waals surface area contributed by atoms with Gasteiger partial charge in [-0.15, -0.1) is 10.2 Å². The summed E-state index contributed by atoms with van der Waals surface area (Å²) in [6.07, 6.45) is 1.74. The van der Waals surface area contributed by atoms with Gasteiger partial charge in [-0.25, -0.2) is 13.9 Å². The van der Waals surface area contributed by atoms with Gasteiger partial charge in [0.05, 0.1) is 6.20 Å². The molecule has 23 heavy (non-hydrogen) atoms. The minimum absolute atomic E-state index is 0.220. The summed E-state index contributed by atoms with van der Waals surface area (Å²) in [6.45, 7) is 2.13. The molecule has 0 aliphatic rings. The largest absolute Gasteiger partial charge is 0.401 e. The maximum absolute atomic E-state index is 13.6. The van der Waals surface area contributed by atoms with Crippen molar-refractivity contribution in [3.05, 3.63) is 47.7 Å². The summed E-state index contributed by atoms with van der Waals surface area (Å²) < 4.78 is 20.8. The number of hydrogen-bond acceptors (Lipinski definition) is 7. The second-order valence-electron chi connectivity index (χ2n) is 4.82. The molecule has 7 nitrogen and oxygen atoms in total. The lowest BCUT2D eigenvalue weighted by Gasteiger charge is -2.02. The standard InChI is InChI=1S/C14H11FN6OS/c1-8-16-7-11-21(8)20-13(23-11)12-18-19-14(22-12)17-6-9-4-2-3-5-10(9)15/h2-5,7H,6H2,1H3,(H,17,19). The number of hydrogen-bond donors (Lipinski definition) is 1. The molecule has 4 rings (SSSR count). The van der Waals surface area contributed by atoms with E-state index in [9.17, 15) is 4.39 Å². The van der Waals surface area contributed by atoms with E-state index in [0.717, 1.165) is 10.7 Å². The Morgan fingerprint density at radius 1 is 1.30 bits per heavy atom. The van der Waals surface area contributed by atoms with Gasteiger partial charge in [-0.2, -0.15) is 0 Å². The van der Waals surface area contributed by atoms with Crippen LogP contribution in [0.4, 0.5) is 10.4 Å². The van der Waals surface area contributed by atoms with E-state index in [2.05, 4.69) is 25.6 Å². The van der Waals surface area contributed by atoms with Gasteiger partial charge >= 0.3 is 6.01 Å². The number of halogens is 1. The molecule has 0 amide bonds. The van der Waals surface area contributed by atoms with Gasteiger partial charge in [-0.05, 0) is 13.0 Å². The summed E-state index contributed by atoms with van der Waals surface area (Å²) in [4.78, 5) is 5.06. The molecule has 0 atom stereocenters. The van der Waals surface area contributed by atoms with Crippen molar-refractivity contribution in [2.24, 2.45) is 0 Å². The zero-order valence-electron chi connectivity index (χ0n) is 12.0. The molecule has 0 bridgehead atoms. The fraction of sp³-hybridized carbons (Fsp3) is 0.143. The van der Waals surface area contributed by atoms with Crippen molar-refractivity contribution in [1.29, 1.82) is 0 Å². The summed E-state index contributed by atoms with van der Waals surface area (Å²) in [5.74, 6) is 0.826. The van der Waals surface area contributed by atoms with Crippen LogP contribution in [0.25, 0.3) is 15.7 Å². The topological polar surface area (TPSA) is 81.1 Å². The average molecular weight is 330 g/mol. The molecule has 0 fully saturated rings. The molecule has 0 spiro atoms. The Bertz CT molecular complexity index is 975. The van der Waals surface area contributed by atoms with E-state index < -0.39 is 0 Å². The molecular formula is C14H11FN6OS. The van der Waals surface area contributed by atoms with Crippen LogP contribution < -0.4 is 5.32 Å². The smallest absolute Gasteiger partial charge is 0.316 e. The van der Waals surface area contributed by atoms with E-state index >= 15 is 0 Å². The van der Waals surface area contributed by atoms with Crippen LogP contribution in [0.3, 0.4) is 0 Å². The third-order valence-electron chi connectivity index (χ3n) is 3.27. The molecular weight excluding hydrogens is 319 g/mol. The van der Waals surface area contributed by atoms with Gasteiger partial charge in [-0.1, -0.05) is 34.6 Å². The van der Waals surface area contributed by atoms with Crippen LogP contribution >= 0.6 is 11.3 Å². The summed E-state index contributed by atoms with van der Waals surface area (Å²) in [5.41, 5.74) is 0.525. The van der Waals surface area contributed by atoms with Crippen molar-refractivity contribution >= 4 is 22.2 Å². The fourth-order valence-electron chi connectivity index (χ4n) is 2.10. The predicted molar refractivity (Wildman–Crippen MR) is 82.6 cm³/mol. The van der Waals surface area contributed by atoms with Crippen molar-refractivity contribution in [3.63, 3.8) is 0 Å². The van der Waals surface area contributed by atoms with Crippen LogP contribution in [-0.2, 0) is 6.54 Å². The van der Waals surface area contributed by atoms with Gasteiger partial charge in [0.25, 0.3) is 5.89 Å². The lowest BCUT2D eigenvalue weighted by Crippen LogP contribution is -2.01. The average Bonchev–Trinajstić information content (AvgIpc) is 3.24. The number of nitrogens with one attached hydrogen (secondary N) is 1. The number of rotatable bonds is 4. The summed E-state index contributed by atoms with van der Waals surface area (Å²) in [5, 5.41) is 15.8. The van der Waals surface area contributed by atoms with E-state index in [1.807, 2.05) is 6.92 Å². The Balaban J connectivity index is 1.53. The maximum Gasteiger partial charge on any atom is 0.316 e. The van der Waals surface area contributed by atoms with E-state index in [1.165, 1.54) is 17.4 Å². The number of imidazole rings is 1. The number of fused-ring (bicyclic) bond motifs is 1. The molecule has 4 aromatic rings. The normalized spacial score (nSPS) is 11.2. The molecule has 0 radical (unpaired) electrons. The van der Waals surface area contributed by atoms with Crippen molar-refractivity contribution in [1.82, 2.24) is 24.8 Å². The highest BCUT2D eigenvalue weighted by Crippen LogP contribution is 2.26. The SMILES string of the molecule is Cc1ncc2sc(-c3nnc(NCc4ccccc4F)o3)nn12. The first-order valence-corrected chi connectivity index (χ1v) is 7.64. The minimum Gasteiger partial charge on any atom is -0.401 e. The highest BCUT2D eigenvalue weighted by atomic mass is 32.1. The Morgan fingerprint density at radius 2 is 2.17 bits per heavy atom. The molecule has 0 aliphatic carbocycles. The molecule has 1 N–H and O–H groups in total. The zero-order chi connectivity index (χ0) is 15.8. The lowest BCUT2D eigenvalue weighted by atomic mass is 10.2. The molecule has 0 saturated carbocycles. The quantitative estimate of drug-likeness (QED) is 0.620. The molecule has 9 heteroatoms. The van der Waals surface area contributed by atoms with Gasteiger partial charge in [0, 0.05) is 12.1 Å². The van der Waals surface area contributed by atoms with E-state index in [4.69, 9.17) is 4.42 Å². The van der Waals surface area contributed by atoms with E-state index in [-0.39, 0.29) is 18.4 Å². The second kappa shape index (κ2) is 5.43. The minimum atomic E-state index is -0.280. The van der Waals surface area contributed by atoms with Crippen molar-refractivity contribution in [2.45, 2.75) is 13.5 Å². The Kier molecular flexibility index (Phi) is 3.27. The number of benzene rings is 1. The van der Waals surface area contributed by atoms with Gasteiger partial charge in [-0.3, -0.25) is 0 Å². The van der Waals surface area contributed by atoms with Crippen LogP contribution in [0.2, 0.25) is 0 Å². The van der Waals surface area contributed by atoms with E-state index in [1.54, 1.807) is 28.9 Å². The van der Waals surface area contributed by atoms with Gasteiger partial charge in [0.15, 0.2) is 0 Å². The number of nitrogens with zero attached hydrogens (tertiary/aromatic N) is 5. The monoisotopic (exact) mass is 330 g/mol. The molecule has 0 saturated heterocycles. The van der Waals surface area contributed by atoms with Crippen LogP contribution in [0.1, 0.15) is 11.4 Å². The first-order chi connectivity index (χ1) is 11.2. The molecule has 0 unspecified atom stereocenters. The number of anilines is 1. The highest BCUT2D eigenvalue weighted by molar-refractivity contribution is 7.20. The molecule has 3 aromatic heterocycles. The third-order valence-corrected chi connectivity index (χ3v) is 4.20. The molecule has 0 aliphatic heterocycles. The third kappa shape index (κ3) is 2.55. The maximum atomic E-state index is 13.6. The van der Waals surface area contributed by atoms with Gasteiger partial charge < -0.3 is 9.73 Å². The lowest BCUT2D eigenvalue weighted by molar-refractivity contribution is 0.575. The van der Waals surface area contributed by atoms with Crippen LogP contribution in [0, 0.1) is 12.7 Å². The van der Waals surface area contributed by atoms with Crippen LogP contribution in [0.5, 0.6) is 0 Å². The van der Waals surface area contributed by atoms with Crippen molar-refractivity contribution < 1.29 is 8.81 Å². The van der Waals surface area contributed by atoms with Gasteiger partial charge in [0.1, 0.15) is 16.5 Å². The van der Waals surface area contributed by atoms with E-state index in [0.29, 0.717) is 16.5 Å². The van der Waals surface area contributed by atoms with Gasteiger partial charge in [0.2, 0.25) is 5.01 Å². The highest BCUT2D eigenvalue weighted by Gasteiger charge is 2.15. The molecule has 116 valence electrons. The number of aromatic nitrogens is 5. The predicted octanol–water partition coefficient (Wildman–Crippen LogP) is 2.90. The Labute approximate surface area is 133 Å². The summed E-state index contributed by atoms with van der Waals surface area (Å²) in [7, 11) is 0. The zero-order valence-corrected chi connectivity index (χ0v) is 12.8. The summed E-state index contributed by atoms with van der Waals surface area (Å²) in [6, 6.07) is 6.74. The first-order valence-electron chi connectivity index (χ1n) is 6.83. The van der Waals surface area contributed by atoms with Crippen molar-refractivity contribution in [2.75, 3.05) is 5.32 Å². The first kappa shape index (κ1) is 13.8. The van der Waals surface area contributed by atoms with Crippen LogP contribution in [-0.4, -0.2) is 24.8 Å². The van der Waals surface area contributed by atoms with Crippen LogP contribution in [0.15, 0.2) is 34.9 Å².